The Balaban J connectivity index is 1.95. The summed E-state index contributed by atoms with van der Waals surface area (Å²) in [6.07, 6.45) is 2.62. The summed E-state index contributed by atoms with van der Waals surface area (Å²) < 4.78 is 5.07. The van der Waals surface area contributed by atoms with Crippen LogP contribution in [0.3, 0.4) is 0 Å². The second kappa shape index (κ2) is 6.64. The molecular weight excluding hydrogens is 254 g/mol. The molecule has 0 aromatic heterocycles. The Morgan fingerprint density at radius 2 is 2.29 bits per heavy atom. The lowest BCUT2D eigenvalue weighted by atomic mass is 10.2. The molecule has 1 aliphatic carbocycles. The minimum Gasteiger partial charge on any atom is -0.384 e. The maximum Gasteiger partial charge on any atom is 0.0556 e. The van der Waals surface area contributed by atoms with Crippen molar-refractivity contribution in [2.75, 3.05) is 19.5 Å². The van der Waals surface area contributed by atoms with Gasteiger partial charge in [0.15, 0.2) is 0 Å². The van der Waals surface area contributed by atoms with Crippen LogP contribution in [0.4, 0.5) is 0 Å². The second-order valence-corrected chi connectivity index (χ2v) is 5.82. The summed E-state index contributed by atoms with van der Waals surface area (Å²) in [6, 6.07) is 6.85. The van der Waals surface area contributed by atoms with Gasteiger partial charge in [-0.1, -0.05) is 11.6 Å². The average Bonchev–Trinajstić information content (AvgIpc) is 3.13. The first-order valence-corrected chi connectivity index (χ1v) is 7.29. The average molecular weight is 272 g/mol. The fraction of sp³-hybridized carbons (Fsp3) is 0.538. The molecule has 1 aliphatic rings. The normalized spacial score (nSPS) is 15.2. The lowest BCUT2D eigenvalue weighted by molar-refractivity contribution is 0.218. The number of halogens is 1. The van der Waals surface area contributed by atoms with Crippen LogP contribution in [0.15, 0.2) is 23.1 Å². The second-order valence-electron chi connectivity index (χ2n) is 4.25. The highest BCUT2D eigenvalue weighted by Gasteiger charge is 2.20. The summed E-state index contributed by atoms with van der Waals surface area (Å²) >= 11 is 7.88. The number of hydrogen-bond donors (Lipinski definition) is 1. The minimum atomic E-state index is 0.728. The summed E-state index contributed by atoms with van der Waals surface area (Å²) in [6.45, 7) is 1.70. The molecule has 2 rings (SSSR count). The van der Waals surface area contributed by atoms with E-state index < -0.39 is 0 Å². The Morgan fingerprint density at radius 3 is 3.00 bits per heavy atom. The molecule has 1 saturated carbocycles. The molecule has 0 unspecified atom stereocenters. The van der Waals surface area contributed by atoms with E-state index in [1.54, 1.807) is 7.11 Å². The van der Waals surface area contributed by atoms with Gasteiger partial charge in [0.1, 0.15) is 0 Å². The quantitative estimate of drug-likeness (QED) is 0.607. The first-order valence-electron chi connectivity index (χ1n) is 5.93. The predicted octanol–water partition coefficient (Wildman–Crippen LogP) is 3.33. The molecular formula is C13H18ClNOS. The number of methoxy groups -OCH3 is 1. The van der Waals surface area contributed by atoms with Crippen LogP contribution in [-0.2, 0) is 11.3 Å². The molecule has 0 radical (unpaired) electrons. The summed E-state index contributed by atoms with van der Waals surface area (Å²) in [4.78, 5) is 1.31. The lowest BCUT2D eigenvalue weighted by Crippen LogP contribution is -2.15. The van der Waals surface area contributed by atoms with E-state index in [4.69, 9.17) is 16.3 Å². The number of thioether (sulfide) groups is 1. The first kappa shape index (κ1) is 13.2. The van der Waals surface area contributed by atoms with Crippen LogP contribution >= 0.6 is 23.4 Å². The number of ether oxygens (including phenoxy) is 1. The number of rotatable bonds is 7. The molecule has 0 aliphatic heterocycles. The van der Waals surface area contributed by atoms with E-state index in [0.29, 0.717) is 0 Å². The summed E-state index contributed by atoms with van der Waals surface area (Å²) in [7, 11) is 1.73. The molecule has 0 heterocycles. The van der Waals surface area contributed by atoms with Gasteiger partial charge in [-0.25, -0.2) is 0 Å². The van der Waals surface area contributed by atoms with E-state index in [9.17, 15) is 0 Å². The van der Waals surface area contributed by atoms with Crippen LogP contribution in [0.5, 0.6) is 0 Å². The Morgan fingerprint density at radius 1 is 1.47 bits per heavy atom. The van der Waals surface area contributed by atoms with Crippen molar-refractivity contribution >= 4 is 23.4 Å². The van der Waals surface area contributed by atoms with Crippen LogP contribution in [0.2, 0.25) is 5.02 Å². The zero-order chi connectivity index (χ0) is 12.1. The predicted molar refractivity (Wildman–Crippen MR) is 73.9 cm³/mol. The van der Waals surface area contributed by atoms with Gasteiger partial charge in [-0.3, -0.25) is 0 Å². The Hall–Kier alpha value is -0.220. The van der Waals surface area contributed by atoms with Crippen LogP contribution < -0.4 is 5.32 Å². The van der Waals surface area contributed by atoms with Crippen molar-refractivity contribution in [2.45, 2.75) is 30.3 Å². The summed E-state index contributed by atoms with van der Waals surface area (Å²) in [5, 5.41) is 4.34. The van der Waals surface area contributed by atoms with Crippen molar-refractivity contribution < 1.29 is 4.74 Å². The molecule has 0 saturated heterocycles. The molecule has 1 aromatic carbocycles. The minimum absolute atomic E-state index is 0.728. The van der Waals surface area contributed by atoms with Crippen molar-refractivity contribution in [3.05, 3.63) is 28.8 Å². The molecule has 2 nitrogen and oxygen atoms in total. The largest absolute Gasteiger partial charge is 0.384 e. The van der Waals surface area contributed by atoms with Gasteiger partial charge in [-0.2, -0.15) is 0 Å². The van der Waals surface area contributed by atoms with E-state index in [-0.39, 0.29) is 0 Å². The van der Waals surface area contributed by atoms with Gasteiger partial charge in [0.05, 0.1) is 6.61 Å². The van der Waals surface area contributed by atoms with E-state index in [1.807, 2.05) is 17.8 Å². The smallest absolute Gasteiger partial charge is 0.0556 e. The molecule has 0 spiro atoms. The lowest BCUT2D eigenvalue weighted by Gasteiger charge is -2.10. The molecule has 1 N–H and O–H groups in total. The number of benzene rings is 1. The Labute approximate surface area is 112 Å². The monoisotopic (exact) mass is 271 g/mol. The molecule has 0 amide bonds. The third-order valence-corrected chi connectivity index (χ3v) is 4.04. The summed E-state index contributed by atoms with van der Waals surface area (Å²) in [5.41, 5.74) is 1.30. The van der Waals surface area contributed by atoms with E-state index in [1.165, 1.54) is 23.3 Å². The summed E-state index contributed by atoms with van der Waals surface area (Å²) in [5.74, 6) is 0.981. The highest BCUT2D eigenvalue weighted by atomic mass is 35.5. The zero-order valence-corrected chi connectivity index (χ0v) is 11.6. The SMILES string of the molecule is COCCSc1ccc(Cl)cc1CNC1CC1. The molecule has 1 aromatic rings. The van der Waals surface area contributed by atoms with E-state index in [0.717, 1.165) is 30.0 Å². The van der Waals surface area contributed by atoms with Crippen molar-refractivity contribution in [3.8, 4) is 0 Å². The van der Waals surface area contributed by atoms with E-state index in [2.05, 4.69) is 17.4 Å². The third kappa shape index (κ3) is 4.51. The molecule has 1 fully saturated rings. The van der Waals surface area contributed by atoms with Crippen molar-refractivity contribution in [3.63, 3.8) is 0 Å². The third-order valence-electron chi connectivity index (χ3n) is 2.73. The molecule has 0 atom stereocenters. The van der Waals surface area contributed by atoms with Gasteiger partial charge >= 0.3 is 0 Å². The van der Waals surface area contributed by atoms with Crippen molar-refractivity contribution in [1.82, 2.24) is 5.32 Å². The van der Waals surface area contributed by atoms with Gasteiger partial charge < -0.3 is 10.1 Å². The van der Waals surface area contributed by atoms with Crippen LogP contribution in [0.25, 0.3) is 0 Å². The van der Waals surface area contributed by atoms with E-state index >= 15 is 0 Å². The Bertz CT molecular complexity index is 368. The van der Waals surface area contributed by atoms with Crippen molar-refractivity contribution in [1.29, 1.82) is 0 Å². The van der Waals surface area contributed by atoms with Gasteiger partial charge in [0.25, 0.3) is 0 Å². The first-order chi connectivity index (χ1) is 8.29. The van der Waals surface area contributed by atoms with Gasteiger partial charge in [-0.05, 0) is 36.6 Å². The highest BCUT2D eigenvalue weighted by molar-refractivity contribution is 7.99. The molecule has 94 valence electrons. The van der Waals surface area contributed by atoms with Gasteiger partial charge in [0, 0.05) is 35.4 Å². The maximum atomic E-state index is 6.05. The highest BCUT2D eigenvalue weighted by Crippen LogP contribution is 2.27. The fourth-order valence-electron chi connectivity index (χ4n) is 1.60. The molecule has 0 bridgehead atoms. The molecule has 17 heavy (non-hydrogen) atoms. The number of nitrogens with one attached hydrogen (secondary N) is 1. The molecule has 4 heteroatoms. The Kier molecular flexibility index (Phi) is 5.16. The van der Waals surface area contributed by atoms with Gasteiger partial charge in [-0.15, -0.1) is 11.8 Å². The van der Waals surface area contributed by atoms with Crippen molar-refractivity contribution in [2.24, 2.45) is 0 Å². The number of hydrogen-bond acceptors (Lipinski definition) is 3. The zero-order valence-electron chi connectivity index (χ0n) is 10.0. The standard InChI is InChI=1S/C13H18ClNOS/c1-16-6-7-17-13-5-2-11(14)8-10(13)9-15-12-3-4-12/h2,5,8,12,15H,3-4,6-7,9H2,1H3. The van der Waals surface area contributed by atoms with Crippen LogP contribution in [0, 0.1) is 0 Å². The van der Waals surface area contributed by atoms with Gasteiger partial charge in [0.2, 0.25) is 0 Å². The maximum absolute atomic E-state index is 6.05. The van der Waals surface area contributed by atoms with Crippen LogP contribution in [-0.4, -0.2) is 25.5 Å². The topological polar surface area (TPSA) is 21.3 Å². The van der Waals surface area contributed by atoms with Crippen LogP contribution in [0.1, 0.15) is 18.4 Å². The fourth-order valence-corrected chi connectivity index (χ4v) is 2.75.